The fourth-order valence-electron chi connectivity index (χ4n) is 4.50. The van der Waals surface area contributed by atoms with Gasteiger partial charge < -0.3 is 10.1 Å². The molecule has 3 aromatic rings. The fourth-order valence-corrected chi connectivity index (χ4v) is 6.00. The first kappa shape index (κ1) is 24.9. The van der Waals surface area contributed by atoms with E-state index in [1.807, 2.05) is 61.5 Å². The number of sulfonamides is 1. The first-order chi connectivity index (χ1) is 16.8. The number of nitrogens with zero attached hydrogens (tertiary/aromatic N) is 1. The van der Waals surface area contributed by atoms with Crippen LogP contribution >= 0.6 is 0 Å². The highest BCUT2D eigenvalue weighted by Crippen LogP contribution is 2.30. The van der Waals surface area contributed by atoms with Gasteiger partial charge in [-0.2, -0.15) is 4.31 Å². The average Bonchev–Trinajstić information content (AvgIpc) is 2.88. The molecule has 1 heterocycles. The lowest BCUT2D eigenvalue weighted by Crippen LogP contribution is -2.38. The number of ether oxygens (including phenoxy) is 1. The van der Waals surface area contributed by atoms with Crippen LogP contribution in [-0.2, 0) is 10.0 Å². The second-order valence-corrected chi connectivity index (χ2v) is 11.1. The summed E-state index contributed by atoms with van der Waals surface area (Å²) in [5.41, 5.74) is 3.13. The van der Waals surface area contributed by atoms with Crippen molar-refractivity contribution in [3.8, 4) is 5.75 Å². The molecule has 7 heteroatoms. The minimum atomic E-state index is -3.71. The van der Waals surface area contributed by atoms with Crippen LogP contribution in [0.1, 0.15) is 52.9 Å². The molecule has 0 aliphatic carbocycles. The lowest BCUT2D eigenvalue weighted by molar-refractivity contribution is 0.0939. The van der Waals surface area contributed by atoms with Crippen LogP contribution in [0, 0.1) is 12.8 Å². The highest BCUT2D eigenvalue weighted by atomic mass is 32.2. The number of benzene rings is 3. The molecular weight excluding hydrogens is 460 g/mol. The van der Waals surface area contributed by atoms with E-state index in [0.29, 0.717) is 24.8 Å². The minimum Gasteiger partial charge on any atom is -0.496 e. The number of rotatable bonds is 7. The largest absolute Gasteiger partial charge is 0.496 e. The Labute approximate surface area is 208 Å². The second kappa shape index (κ2) is 10.6. The van der Waals surface area contributed by atoms with Crippen molar-refractivity contribution in [2.75, 3.05) is 20.2 Å². The average molecular weight is 493 g/mol. The molecular formula is C28H32N2O4S. The van der Waals surface area contributed by atoms with Crippen LogP contribution in [-0.4, -0.2) is 38.8 Å². The van der Waals surface area contributed by atoms with E-state index in [-0.39, 0.29) is 10.5 Å². The van der Waals surface area contributed by atoms with Gasteiger partial charge in [-0.15, -0.1) is 0 Å². The number of carbonyl (C=O) groups is 1. The van der Waals surface area contributed by atoms with Crippen molar-refractivity contribution >= 4 is 15.9 Å². The molecule has 1 aliphatic rings. The molecule has 4 rings (SSSR count). The molecule has 0 saturated carbocycles. The molecule has 1 fully saturated rings. The van der Waals surface area contributed by atoms with Crippen LogP contribution in [0.4, 0.5) is 0 Å². The normalized spacial score (nSPS) is 16.0. The highest BCUT2D eigenvalue weighted by molar-refractivity contribution is 7.89. The maximum atomic E-state index is 13.6. The first-order valence-electron chi connectivity index (χ1n) is 11.9. The second-order valence-electron chi connectivity index (χ2n) is 9.12. The van der Waals surface area contributed by atoms with Crippen molar-refractivity contribution in [2.24, 2.45) is 5.92 Å². The molecule has 1 atom stereocenters. The SMILES string of the molecule is COc1ccc(S(=O)(=O)N2CCC(C)CC2)cc1C(=O)NC(c1ccccc1)c1ccccc1C. The molecule has 184 valence electrons. The van der Waals surface area contributed by atoms with Gasteiger partial charge in [0.2, 0.25) is 10.0 Å². The van der Waals surface area contributed by atoms with E-state index < -0.39 is 22.0 Å². The van der Waals surface area contributed by atoms with E-state index in [4.69, 9.17) is 4.74 Å². The molecule has 1 aliphatic heterocycles. The van der Waals surface area contributed by atoms with Crippen LogP contribution in [0.3, 0.4) is 0 Å². The monoisotopic (exact) mass is 492 g/mol. The van der Waals surface area contributed by atoms with Gasteiger partial charge in [-0.25, -0.2) is 8.42 Å². The van der Waals surface area contributed by atoms with Crippen LogP contribution in [0.15, 0.2) is 77.7 Å². The summed E-state index contributed by atoms with van der Waals surface area (Å²) >= 11 is 0. The molecule has 6 nitrogen and oxygen atoms in total. The van der Waals surface area contributed by atoms with E-state index in [2.05, 4.69) is 12.2 Å². The zero-order chi connectivity index (χ0) is 25.0. The lowest BCUT2D eigenvalue weighted by atomic mass is 9.94. The third kappa shape index (κ3) is 5.41. The number of nitrogens with one attached hydrogen (secondary N) is 1. The van der Waals surface area contributed by atoms with Crippen LogP contribution in [0.2, 0.25) is 0 Å². The van der Waals surface area contributed by atoms with Crippen molar-refractivity contribution in [3.05, 3.63) is 95.1 Å². The summed E-state index contributed by atoms with van der Waals surface area (Å²) in [5, 5.41) is 3.12. The Balaban J connectivity index is 1.69. The third-order valence-electron chi connectivity index (χ3n) is 6.70. The molecule has 0 bridgehead atoms. The standard InChI is InChI=1S/C28H32N2O4S/c1-20-15-17-30(18-16-20)35(32,33)23-13-14-26(34-3)25(19-23)28(31)29-27(22-10-5-4-6-11-22)24-12-8-7-9-21(24)2/h4-14,19-20,27H,15-18H2,1-3H3,(H,29,31). The topological polar surface area (TPSA) is 75.7 Å². The summed E-state index contributed by atoms with van der Waals surface area (Å²) in [6.45, 7) is 5.11. The number of carbonyl (C=O) groups excluding carboxylic acids is 1. The van der Waals surface area contributed by atoms with E-state index in [9.17, 15) is 13.2 Å². The number of aryl methyl sites for hydroxylation is 1. The number of amides is 1. The van der Waals surface area contributed by atoms with Gasteiger partial charge in [-0.05, 0) is 60.6 Å². The molecule has 0 spiro atoms. The molecule has 0 radical (unpaired) electrons. The van der Waals surface area contributed by atoms with Crippen LogP contribution in [0.25, 0.3) is 0 Å². The molecule has 1 saturated heterocycles. The van der Waals surface area contributed by atoms with Crippen molar-refractivity contribution in [3.63, 3.8) is 0 Å². The summed E-state index contributed by atoms with van der Waals surface area (Å²) in [7, 11) is -2.23. The van der Waals surface area contributed by atoms with Crippen molar-refractivity contribution in [1.29, 1.82) is 0 Å². The molecule has 0 aromatic heterocycles. The number of hydrogen-bond donors (Lipinski definition) is 1. The van der Waals surface area contributed by atoms with Gasteiger partial charge in [0.25, 0.3) is 5.91 Å². The van der Waals surface area contributed by atoms with Crippen molar-refractivity contribution in [1.82, 2.24) is 9.62 Å². The highest BCUT2D eigenvalue weighted by Gasteiger charge is 2.30. The Hall–Kier alpha value is -3.16. The third-order valence-corrected chi connectivity index (χ3v) is 8.60. The summed E-state index contributed by atoms with van der Waals surface area (Å²) in [4.78, 5) is 13.7. The van der Waals surface area contributed by atoms with Crippen LogP contribution in [0.5, 0.6) is 5.75 Å². The number of piperidine rings is 1. The minimum absolute atomic E-state index is 0.102. The number of methoxy groups -OCH3 is 1. The Bertz CT molecular complexity index is 1280. The molecule has 35 heavy (non-hydrogen) atoms. The van der Waals surface area contributed by atoms with E-state index in [1.165, 1.54) is 23.5 Å². The van der Waals surface area contributed by atoms with Gasteiger partial charge in [0.1, 0.15) is 5.75 Å². The lowest BCUT2D eigenvalue weighted by Gasteiger charge is -2.29. The smallest absolute Gasteiger partial charge is 0.255 e. The Morgan fingerprint density at radius 1 is 1.00 bits per heavy atom. The maximum Gasteiger partial charge on any atom is 0.255 e. The quantitative estimate of drug-likeness (QED) is 0.507. The Morgan fingerprint density at radius 3 is 2.31 bits per heavy atom. The summed E-state index contributed by atoms with van der Waals surface area (Å²) in [5.74, 6) is 0.434. The molecule has 1 N–H and O–H groups in total. The van der Waals surface area contributed by atoms with Gasteiger partial charge in [-0.3, -0.25) is 4.79 Å². The predicted octanol–water partition coefficient (Wildman–Crippen LogP) is 4.94. The van der Waals surface area contributed by atoms with Crippen LogP contribution < -0.4 is 10.1 Å². The fraction of sp³-hybridized carbons (Fsp3) is 0.321. The van der Waals surface area contributed by atoms with Gasteiger partial charge in [0.05, 0.1) is 23.6 Å². The first-order valence-corrected chi connectivity index (χ1v) is 13.3. The van der Waals surface area contributed by atoms with E-state index in [1.54, 1.807) is 6.07 Å². The molecule has 1 unspecified atom stereocenters. The van der Waals surface area contributed by atoms with Gasteiger partial charge >= 0.3 is 0 Å². The number of hydrogen-bond acceptors (Lipinski definition) is 4. The summed E-state index contributed by atoms with van der Waals surface area (Å²) in [6.07, 6.45) is 1.66. The zero-order valence-corrected chi connectivity index (χ0v) is 21.2. The Morgan fingerprint density at radius 2 is 1.66 bits per heavy atom. The van der Waals surface area contributed by atoms with E-state index >= 15 is 0 Å². The van der Waals surface area contributed by atoms with Gasteiger partial charge in [0.15, 0.2) is 0 Å². The molecule has 1 amide bonds. The Kier molecular flexibility index (Phi) is 7.57. The molecule has 3 aromatic carbocycles. The summed E-state index contributed by atoms with van der Waals surface area (Å²) in [6, 6.07) is 21.7. The summed E-state index contributed by atoms with van der Waals surface area (Å²) < 4.78 is 33.6. The van der Waals surface area contributed by atoms with Crippen molar-refractivity contribution in [2.45, 2.75) is 37.6 Å². The zero-order valence-electron chi connectivity index (χ0n) is 20.4. The van der Waals surface area contributed by atoms with E-state index in [0.717, 1.165) is 29.5 Å². The maximum absolute atomic E-state index is 13.6. The van der Waals surface area contributed by atoms with Gasteiger partial charge in [-0.1, -0.05) is 61.5 Å². The van der Waals surface area contributed by atoms with Crippen molar-refractivity contribution < 1.29 is 17.9 Å². The van der Waals surface area contributed by atoms with Gasteiger partial charge in [0, 0.05) is 13.1 Å². The predicted molar refractivity (Wildman–Crippen MR) is 137 cm³/mol.